The highest BCUT2D eigenvalue weighted by molar-refractivity contribution is 7.89. The van der Waals surface area contributed by atoms with E-state index in [-0.39, 0.29) is 47.5 Å². The third kappa shape index (κ3) is 5.50. The van der Waals surface area contributed by atoms with E-state index in [1.54, 1.807) is 37.8 Å². The Hall–Kier alpha value is -2.72. The van der Waals surface area contributed by atoms with E-state index in [0.717, 1.165) is 5.56 Å². The molecule has 9 nitrogen and oxygen atoms in total. The first-order valence-electron chi connectivity index (χ1n) is 11.5. The monoisotopic (exact) mass is 490 g/mol. The van der Waals surface area contributed by atoms with Gasteiger partial charge in [0.15, 0.2) is 5.76 Å². The summed E-state index contributed by atoms with van der Waals surface area (Å²) in [6, 6.07) is 6.63. The molecule has 2 amide bonds. The first-order chi connectivity index (χ1) is 15.8. The Morgan fingerprint density at radius 3 is 2.26 bits per heavy atom. The largest absolute Gasteiger partial charge is 0.360 e. The van der Waals surface area contributed by atoms with Gasteiger partial charge < -0.3 is 14.7 Å². The van der Waals surface area contributed by atoms with Crippen molar-refractivity contribution in [1.29, 1.82) is 0 Å². The molecule has 3 rings (SSSR count). The Balaban J connectivity index is 1.62. The Labute approximate surface area is 201 Å². The minimum atomic E-state index is -3.77. The van der Waals surface area contributed by atoms with Crippen molar-refractivity contribution in [2.75, 3.05) is 26.2 Å². The summed E-state index contributed by atoms with van der Waals surface area (Å²) in [6.07, 6.45) is 0.489. The zero-order valence-electron chi connectivity index (χ0n) is 20.7. The number of hydrogen-bond acceptors (Lipinski definition) is 6. The molecule has 1 atom stereocenters. The van der Waals surface area contributed by atoms with Crippen molar-refractivity contribution in [1.82, 2.24) is 19.7 Å². The van der Waals surface area contributed by atoms with Crippen LogP contribution in [-0.2, 0) is 20.2 Å². The highest BCUT2D eigenvalue weighted by Crippen LogP contribution is 2.25. The van der Waals surface area contributed by atoms with E-state index >= 15 is 0 Å². The fraction of sp³-hybridized carbons (Fsp3) is 0.542. The molecular weight excluding hydrogens is 456 g/mol. The number of sulfonamides is 1. The average molecular weight is 491 g/mol. The number of rotatable bonds is 5. The smallest absolute Gasteiger partial charge is 0.251 e. The quantitative estimate of drug-likeness (QED) is 0.689. The number of carbonyl (C=O) groups is 2. The van der Waals surface area contributed by atoms with Crippen molar-refractivity contribution >= 4 is 21.8 Å². The van der Waals surface area contributed by atoms with Crippen molar-refractivity contribution in [3.8, 4) is 0 Å². The van der Waals surface area contributed by atoms with E-state index in [4.69, 9.17) is 4.52 Å². The molecule has 2 heterocycles. The van der Waals surface area contributed by atoms with Crippen molar-refractivity contribution in [3.63, 3.8) is 0 Å². The van der Waals surface area contributed by atoms with E-state index in [2.05, 4.69) is 31.2 Å². The summed E-state index contributed by atoms with van der Waals surface area (Å²) in [5, 5.41) is 6.52. The highest BCUT2D eigenvalue weighted by Gasteiger charge is 2.33. The molecular formula is C24H34N4O5S. The number of aromatic nitrogens is 1. The van der Waals surface area contributed by atoms with Gasteiger partial charge in [0.25, 0.3) is 5.91 Å². The highest BCUT2D eigenvalue weighted by atomic mass is 32.2. The lowest BCUT2D eigenvalue weighted by Crippen LogP contribution is -2.48. The van der Waals surface area contributed by atoms with E-state index in [9.17, 15) is 18.0 Å². The molecule has 186 valence electrons. The van der Waals surface area contributed by atoms with Crippen molar-refractivity contribution < 1.29 is 22.5 Å². The lowest BCUT2D eigenvalue weighted by atomic mass is 9.86. The molecule has 1 aromatic carbocycles. The van der Waals surface area contributed by atoms with Crippen LogP contribution in [0.5, 0.6) is 0 Å². The molecule has 1 fully saturated rings. The molecule has 1 aliphatic rings. The summed E-state index contributed by atoms with van der Waals surface area (Å²) in [7, 11) is -3.77. The molecule has 2 aromatic rings. The lowest BCUT2D eigenvalue weighted by Gasteiger charge is -2.25. The molecule has 0 aliphatic carbocycles. The van der Waals surface area contributed by atoms with Gasteiger partial charge in [-0.25, -0.2) is 8.42 Å². The molecule has 1 unspecified atom stereocenters. The summed E-state index contributed by atoms with van der Waals surface area (Å²) in [6.45, 7) is 12.2. The molecule has 0 saturated carbocycles. The SMILES string of the molecule is Cc1noc(C)c1S(=O)(=O)N1CCCN(C(=O)C(C)NC(=O)c2ccc(C(C)(C)C)cc2)CC1. The van der Waals surface area contributed by atoms with E-state index in [0.29, 0.717) is 24.2 Å². The van der Waals surface area contributed by atoms with Crippen molar-refractivity contribution in [3.05, 3.63) is 46.8 Å². The van der Waals surface area contributed by atoms with E-state index in [1.165, 1.54) is 4.31 Å². The number of benzene rings is 1. The van der Waals surface area contributed by atoms with Crippen LogP contribution in [0.4, 0.5) is 0 Å². The number of hydrogen-bond donors (Lipinski definition) is 1. The minimum Gasteiger partial charge on any atom is -0.360 e. The van der Waals surface area contributed by atoms with Gasteiger partial charge in [0.2, 0.25) is 15.9 Å². The predicted octanol–water partition coefficient (Wildman–Crippen LogP) is 2.63. The van der Waals surface area contributed by atoms with Crippen LogP contribution in [0.15, 0.2) is 33.7 Å². The van der Waals surface area contributed by atoms with Crippen LogP contribution in [0.2, 0.25) is 0 Å². The average Bonchev–Trinajstić information content (AvgIpc) is 2.96. The molecule has 1 aromatic heterocycles. The summed E-state index contributed by atoms with van der Waals surface area (Å²) < 4.78 is 32.6. The molecule has 10 heteroatoms. The van der Waals surface area contributed by atoms with E-state index < -0.39 is 16.1 Å². The van der Waals surface area contributed by atoms with Crippen molar-refractivity contribution in [2.24, 2.45) is 0 Å². The second-order valence-corrected chi connectivity index (χ2v) is 11.6. The minimum absolute atomic E-state index is 0.0160. The van der Waals surface area contributed by atoms with Crippen LogP contribution in [0.3, 0.4) is 0 Å². The van der Waals surface area contributed by atoms with Gasteiger partial charge in [-0.15, -0.1) is 0 Å². The fourth-order valence-corrected chi connectivity index (χ4v) is 5.82. The maximum Gasteiger partial charge on any atom is 0.251 e. The molecule has 0 bridgehead atoms. The van der Waals surface area contributed by atoms with Crippen LogP contribution in [0.1, 0.15) is 61.5 Å². The third-order valence-corrected chi connectivity index (χ3v) is 8.21. The zero-order chi connectivity index (χ0) is 25.3. The van der Waals surface area contributed by atoms with Gasteiger partial charge in [0.1, 0.15) is 16.6 Å². The van der Waals surface area contributed by atoms with Crippen molar-refractivity contribution in [2.45, 2.75) is 64.3 Å². The molecule has 0 spiro atoms. The lowest BCUT2D eigenvalue weighted by molar-refractivity contribution is -0.132. The van der Waals surface area contributed by atoms with Gasteiger partial charge in [-0.1, -0.05) is 38.1 Å². The topological polar surface area (TPSA) is 113 Å². The third-order valence-electron chi connectivity index (χ3n) is 6.06. The molecule has 1 N–H and O–H groups in total. The molecule has 1 saturated heterocycles. The number of carbonyl (C=O) groups excluding carboxylic acids is 2. The zero-order valence-corrected chi connectivity index (χ0v) is 21.5. The summed E-state index contributed by atoms with van der Waals surface area (Å²) in [5.41, 5.74) is 1.91. The Kier molecular flexibility index (Phi) is 7.52. The molecule has 34 heavy (non-hydrogen) atoms. The Morgan fingerprint density at radius 1 is 1.06 bits per heavy atom. The van der Waals surface area contributed by atoms with Crippen LogP contribution in [0, 0.1) is 13.8 Å². The Morgan fingerprint density at radius 2 is 1.71 bits per heavy atom. The molecule has 1 aliphatic heterocycles. The number of nitrogens with one attached hydrogen (secondary N) is 1. The fourth-order valence-electron chi connectivity index (χ4n) is 4.06. The number of nitrogens with zero attached hydrogens (tertiary/aromatic N) is 3. The normalized spacial score (nSPS) is 16.7. The van der Waals surface area contributed by atoms with E-state index in [1.807, 2.05) is 12.1 Å². The number of aryl methyl sites for hydroxylation is 2. The van der Waals surface area contributed by atoms with Gasteiger partial charge in [-0.2, -0.15) is 4.31 Å². The van der Waals surface area contributed by atoms with Crippen LogP contribution in [0.25, 0.3) is 0 Å². The number of amides is 2. The summed E-state index contributed by atoms with van der Waals surface area (Å²) in [5.74, 6) is -0.309. The van der Waals surface area contributed by atoms with Crippen LogP contribution >= 0.6 is 0 Å². The second kappa shape index (κ2) is 9.87. The molecule has 0 radical (unpaired) electrons. The van der Waals surface area contributed by atoms with Gasteiger partial charge in [0, 0.05) is 31.7 Å². The maximum absolute atomic E-state index is 13.1. The first kappa shape index (κ1) is 25.9. The van der Waals surface area contributed by atoms with Gasteiger partial charge in [0.05, 0.1) is 0 Å². The predicted molar refractivity (Wildman–Crippen MR) is 128 cm³/mol. The van der Waals surface area contributed by atoms with Crippen LogP contribution < -0.4 is 5.32 Å². The van der Waals surface area contributed by atoms with Crippen LogP contribution in [-0.4, -0.2) is 66.8 Å². The summed E-state index contributed by atoms with van der Waals surface area (Å²) in [4.78, 5) is 27.4. The van der Waals surface area contributed by atoms with Gasteiger partial charge in [-0.05, 0) is 50.3 Å². The second-order valence-electron chi connectivity index (χ2n) is 9.76. The van der Waals surface area contributed by atoms with Gasteiger partial charge >= 0.3 is 0 Å². The maximum atomic E-state index is 13.1. The standard InChI is InChI=1S/C24H34N4O5S/c1-16-21(18(3)33-26-16)34(31,32)28-13-7-12-27(14-15-28)23(30)17(2)25-22(29)19-8-10-20(11-9-19)24(4,5)6/h8-11,17H,7,12-15H2,1-6H3,(H,25,29). The Bertz CT molecular complexity index is 1130. The van der Waals surface area contributed by atoms with Gasteiger partial charge in [-0.3, -0.25) is 9.59 Å². The first-order valence-corrected chi connectivity index (χ1v) is 12.9. The summed E-state index contributed by atoms with van der Waals surface area (Å²) >= 11 is 0.